The zero-order valence-corrected chi connectivity index (χ0v) is 10.8. The third kappa shape index (κ3) is 2.32. The maximum atomic E-state index is 10.9. The number of benzene rings is 1. The van der Waals surface area contributed by atoms with Gasteiger partial charge in [0.1, 0.15) is 5.69 Å². The Morgan fingerprint density at radius 2 is 2.00 bits per heavy atom. The average Bonchev–Trinajstić information content (AvgIpc) is 2.90. The molecule has 7 nitrogen and oxygen atoms in total. The number of non-ortho nitro benzene ring substituents is 1. The Hall–Kier alpha value is -3.22. The minimum atomic E-state index is -0.462. The standard InChI is InChI=1S/C14H10N4O3/c15-14-12(10-4-2-6-16-8-10)13(17-21-14)9-3-1-5-11(7-9)18(19)20/h1-8H,15H2. The molecule has 21 heavy (non-hydrogen) atoms. The van der Waals surface area contributed by atoms with E-state index in [1.807, 2.05) is 6.07 Å². The van der Waals surface area contributed by atoms with Gasteiger partial charge in [-0.3, -0.25) is 15.1 Å². The van der Waals surface area contributed by atoms with Crippen LogP contribution < -0.4 is 5.73 Å². The van der Waals surface area contributed by atoms with Crippen LogP contribution in [0.2, 0.25) is 0 Å². The molecule has 104 valence electrons. The predicted molar refractivity (Wildman–Crippen MR) is 76.2 cm³/mol. The molecule has 0 fully saturated rings. The first-order chi connectivity index (χ1) is 10.2. The molecule has 1 aromatic carbocycles. The van der Waals surface area contributed by atoms with Crippen molar-refractivity contribution in [3.05, 3.63) is 58.9 Å². The van der Waals surface area contributed by atoms with Crippen LogP contribution >= 0.6 is 0 Å². The molecule has 0 aliphatic rings. The van der Waals surface area contributed by atoms with Crippen molar-refractivity contribution in [3.63, 3.8) is 0 Å². The summed E-state index contributed by atoms with van der Waals surface area (Å²) >= 11 is 0. The normalized spacial score (nSPS) is 10.5. The quantitative estimate of drug-likeness (QED) is 0.584. The Kier molecular flexibility index (Phi) is 3.07. The van der Waals surface area contributed by atoms with Gasteiger partial charge in [0.2, 0.25) is 5.88 Å². The maximum Gasteiger partial charge on any atom is 0.270 e. The first-order valence-corrected chi connectivity index (χ1v) is 6.07. The van der Waals surface area contributed by atoms with Gasteiger partial charge in [-0.05, 0) is 6.07 Å². The molecule has 3 rings (SSSR count). The summed E-state index contributed by atoms with van der Waals surface area (Å²) < 4.78 is 5.03. The van der Waals surface area contributed by atoms with E-state index in [0.29, 0.717) is 16.8 Å². The fourth-order valence-corrected chi connectivity index (χ4v) is 2.06. The molecule has 0 atom stereocenters. The lowest BCUT2D eigenvalue weighted by molar-refractivity contribution is -0.384. The molecule has 2 heterocycles. The van der Waals surface area contributed by atoms with Crippen LogP contribution in [-0.2, 0) is 0 Å². The molecule has 0 saturated heterocycles. The third-order valence-electron chi connectivity index (χ3n) is 3.00. The molecule has 0 amide bonds. The summed E-state index contributed by atoms with van der Waals surface area (Å²) in [6.45, 7) is 0. The number of pyridine rings is 1. The minimum absolute atomic E-state index is 0.0220. The number of nitrogen functional groups attached to an aromatic ring is 1. The van der Waals surface area contributed by atoms with Crippen molar-refractivity contribution in [2.45, 2.75) is 0 Å². The number of nitro benzene ring substituents is 1. The molecule has 0 bridgehead atoms. The molecule has 0 radical (unpaired) electrons. The first kappa shape index (κ1) is 12.8. The van der Waals surface area contributed by atoms with Gasteiger partial charge < -0.3 is 10.3 Å². The average molecular weight is 282 g/mol. The lowest BCUT2D eigenvalue weighted by atomic mass is 10.0. The monoisotopic (exact) mass is 282 g/mol. The summed E-state index contributed by atoms with van der Waals surface area (Å²) in [6, 6.07) is 9.72. The van der Waals surface area contributed by atoms with Gasteiger partial charge in [0.05, 0.1) is 10.5 Å². The van der Waals surface area contributed by atoms with Crippen molar-refractivity contribution in [2.75, 3.05) is 5.73 Å². The van der Waals surface area contributed by atoms with Gasteiger partial charge in [-0.25, -0.2) is 0 Å². The van der Waals surface area contributed by atoms with Crippen LogP contribution in [-0.4, -0.2) is 15.1 Å². The first-order valence-electron chi connectivity index (χ1n) is 6.07. The third-order valence-corrected chi connectivity index (χ3v) is 3.00. The second kappa shape index (κ2) is 5.04. The summed E-state index contributed by atoms with van der Waals surface area (Å²) in [5.74, 6) is 0.143. The van der Waals surface area contributed by atoms with E-state index in [4.69, 9.17) is 10.3 Å². The van der Waals surface area contributed by atoms with Crippen LogP contribution in [0.5, 0.6) is 0 Å². The summed E-state index contributed by atoms with van der Waals surface area (Å²) in [5.41, 5.74) is 8.11. The summed E-state index contributed by atoms with van der Waals surface area (Å²) in [7, 11) is 0. The van der Waals surface area contributed by atoms with E-state index in [2.05, 4.69) is 10.1 Å². The van der Waals surface area contributed by atoms with E-state index < -0.39 is 4.92 Å². The van der Waals surface area contributed by atoms with Crippen LogP contribution in [0.3, 0.4) is 0 Å². The molecule has 0 aliphatic heterocycles. The van der Waals surface area contributed by atoms with Crippen molar-refractivity contribution >= 4 is 11.6 Å². The van der Waals surface area contributed by atoms with Crippen LogP contribution in [0, 0.1) is 10.1 Å². The van der Waals surface area contributed by atoms with Gasteiger partial charge in [0, 0.05) is 35.7 Å². The van der Waals surface area contributed by atoms with Gasteiger partial charge in [0.15, 0.2) is 0 Å². The zero-order valence-electron chi connectivity index (χ0n) is 10.8. The van der Waals surface area contributed by atoms with Gasteiger partial charge in [-0.15, -0.1) is 0 Å². The van der Waals surface area contributed by atoms with E-state index in [0.717, 1.165) is 5.56 Å². The number of hydrogen-bond acceptors (Lipinski definition) is 6. The summed E-state index contributed by atoms with van der Waals surface area (Å²) in [6.07, 6.45) is 3.27. The molecule has 2 aromatic heterocycles. The summed E-state index contributed by atoms with van der Waals surface area (Å²) in [5, 5.41) is 14.8. The molecular formula is C14H10N4O3. The largest absolute Gasteiger partial charge is 0.367 e. The van der Waals surface area contributed by atoms with Crippen LogP contribution in [0.25, 0.3) is 22.4 Å². The molecule has 0 unspecified atom stereocenters. The van der Waals surface area contributed by atoms with Gasteiger partial charge in [-0.1, -0.05) is 23.4 Å². The van der Waals surface area contributed by atoms with E-state index in [1.54, 1.807) is 30.6 Å². The van der Waals surface area contributed by atoms with Crippen molar-refractivity contribution in [1.82, 2.24) is 10.1 Å². The lowest BCUT2D eigenvalue weighted by Crippen LogP contribution is -1.90. The van der Waals surface area contributed by atoms with E-state index >= 15 is 0 Å². The number of aromatic nitrogens is 2. The number of hydrogen-bond donors (Lipinski definition) is 1. The Bertz CT molecular complexity index is 799. The second-order valence-corrected chi connectivity index (χ2v) is 4.32. The molecular weight excluding hydrogens is 272 g/mol. The Labute approximate surface area is 119 Å². The van der Waals surface area contributed by atoms with E-state index in [-0.39, 0.29) is 11.6 Å². The number of nitrogens with zero attached hydrogens (tertiary/aromatic N) is 3. The maximum absolute atomic E-state index is 10.9. The molecule has 0 aliphatic carbocycles. The number of rotatable bonds is 3. The highest BCUT2D eigenvalue weighted by atomic mass is 16.6. The van der Waals surface area contributed by atoms with Crippen LogP contribution in [0.4, 0.5) is 11.6 Å². The molecule has 2 N–H and O–H groups in total. The molecule has 0 spiro atoms. The van der Waals surface area contributed by atoms with E-state index in [9.17, 15) is 10.1 Å². The summed E-state index contributed by atoms with van der Waals surface area (Å²) in [4.78, 5) is 14.4. The number of nitro groups is 1. The Morgan fingerprint density at radius 1 is 1.19 bits per heavy atom. The molecule has 7 heteroatoms. The highest BCUT2D eigenvalue weighted by Gasteiger charge is 2.19. The highest BCUT2D eigenvalue weighted by Crippen LogP contribution is 2.36. The second-order valence-electron chi connectivity index (χ2n) is 4.32. The highest BCUT2D eigenvalue weighted by molar-refractivity contribution is 5.86. The topological polar surface area (TPSA) is 108 Å². The fraction of sp³-hybridized carbons (Fsp3) is 0. The van der Waals surface area contributed by atoms with E-state index in [1.165, 1.54) is 12.1 Å². The van der Waals surface area contributed by atoms with Crippen molar-refractivity contribution < 1.29 is 9.45 Å². The smallest absolute Gasteiger partial charge is 0.270 e. The molecule has 0 saturated carbocycles. The fourth-order valence-electron chi connectivity index (χ4n) is 2.06. The van der Waals surface area contributed by atoms with Gasteiger partial charge >= 0.3 is 0 Å². The van der Waals surface area contributed by atoms with Gasteiger partial charge in [0.25, 0.3) is 5.69 Å². The zero-order chi connectivity index (χ0) is 14.8. The molecule has 3 aromatic rings. The van der Waals surface area contributed by atoms with Gasteiger partial charge in [-0.2, -0.15) is 0 Å². The van der Waals surface area contributed by atoms with Crippen molar-refractivity contribution in [1.29, 1.82) is 0 Å². The SMILES string of the molecule is Nc1onc(-c2cccc([N+](=O)[O-])c2)c1-c1cccnc1. The number of anilines is 1. The Balaban J connectivity index is 2.17. The Morgan fingerprint density at radius 3 is 2.71 bits per heavy atom. The van der Waals surface area contributed by atoms with Crippen LogP contribution in [0.15, 0.2) is 53.3 Å². The number of nitrogens with two attached hydrogens (primary N) is 1. The van der Waals surface area contributed by atoms with Crippen molar-refractivity contribution in [2.24, 2.45) is 0 Å². The lowest BCUT2D eigenvalue weighted by Gasteiger charge is -2.02. The predicted octanol–water partition coefficient (Wildman–Crippen LogP) is 2.89. The van der Waals surface area contributed by atoms with Crippen molar-refractivity contribution in [3.8, 4) is 22.4 Å². The minimum Gasteiger partial charge on any atom is -0.367 e. The van der Waals surface area contributed by atoms with Crippen LogP contribution in [0.1, 0.15) is 0 Å².